The number of aryl methyl sites for hydroxylation is 1. The highest BCUT2D eigenvalue weighted by atomic mass is 35.5. The largest absolute Gasteiger partial charge is 0.478 e. The summed E-state index contributed by atoms with van der Waals surface area (Å²) in [5, 5.41) is 9.25. The molecule has 1 aliphatic rings. The number of rotatable bonds is 3. The fraction of sp³-hybridized carbons (Fsp3) is 0.333. The Morgan fingerprint density at radius 1 is 1.19 bits per heavy atom. The van der Waals surface area contributed by atoms with E-state index >= 15 is 0 Å². The smallest absolute Gasteiger partial charge is 0.328 e. The number of carboxylic acid groups (broad SMARTS) is 1. The summed E-state index contributed by atoms with van der Waals surface area (Å²) in [7, 11) is 0. The van der Waals surface area contributed by atoms with Crippen LogP contribution in [0.25, 0.3) is 0 Å². The second kappa shape index (κ2) is 6.63. The maximum absolute atomic E-state index is 11.8. The lowest BCUT2D eigenvalue weighted by atomic mass is 10.2. The summed E-state index contributed by atoms with van der Waals surface area (Å²) < 4.78 is 0. The van der Waals surface area contributed by atoms with Gasteiger partial charge in [0.25, 0.3) is 0 Å². The van der Waals surface area contributed by atoms with Crippen LogP contribution in [0.3, 0.4) is 0 Å². The van der Waals surface area contributed by atoms with E-state index in [-0.39, 0.29) is 5.91 Å². The first-order valence-corrected chi connectivity index (χ1v) is 7.06. The number of halogens is 1. The van der Waals surface area contributed by atoms with Crippen LogP contribution in [0, 0.1) is 6.92 Å². The van der Waals surface area contributed by atoms with Crippen molar-refractivity contribution in [3.63, 3.8) is 0 Å². The van der Waals surface area contributed by atoms with Gasteiger partial charge in [-0.2, -0.15) is 0 Å². The topological polar surface area (TPSA) is 60.9 Å². The molecule has 1 amide bonds. The summed E-state index contributed by atoms with van der Waals surface area (Å²) in [5.74, 6) is -1.38. The molecule has 1 aliphatic heterocycles. The molecule has 5 nitrogen and oxygen atoms in total. The van der Waals surface area contributed by atoms with Crippen molar-refractivity contribution in [3.05, 3.63) is 40.9 Å². The number of carbonyl (C=O) groups is 2. The molecule has 1 heterocycles. The van der Waals surface area contributed by atoms with Crippen LogP contribution >= 0.6 is 11.6 Å². The molecule has 0 saturated carbocycles. The first-order valence-electron chi connectivity index (χ1n) is 6.68. The van der Waals surface area contributed by atoms with Gasteiger partial charge in [0.1, 0.15) is 0 Å². The minimum absolute atomic E-state index is 0.265. The molecule has 0 aliphatic carbocycles. The van der Waals surface area contributed by atoms with E-state index in [1.165, 1.54) is 0 Å². The van der Waals surface area contributed by atoms with E-state index in [9.17, 15) is 9.59 Å². The van der Waals surface area contributed by atoms with E-state index in [0.717, 1.165) is 28.4 Å². The third-order valence-corrected chi connectivity index (χ3v) is 3.89. The third kappa shape index (κ3) is 3.98. The van der Waals surface area contributed by atoms with Gasteiger partial charge >= 0.3 is 5.97 Å². The Balaban J connectivity index is 1.95. The normalized spacial score (nSPS) is 15.5. The zero-order valence-electron chi connectivity index (χ0n) is 11.8. The summed E-state index contributed by atoms with van der Waals surface area (Å²) in [5.41, 5.74) is 2.08. The molecular weight excluding hydrogens is 292 g/mol. The minimum Gasteiger partial charge on any atom is -0.478 e. The molecule has 1 fully saturated rings. The number of hydrogen-bond donors (Lipinski definition) is 1. The summed E-state index contributed by atoms with van der Waals surface area (Å²) in [4.78, 5) is 26.0. The number of piperazine rings is 1. The molecule has 0 spiro atoms. The second-order valence-corrected chi connectivity index (χ2v) is 5.32. The minimum atomic E-state index is -1.11. The summed E-state index contributed by atoms with van der Waals surface area (Å²) >= 11 is 6.13. The molecular formula is C15H17ClN2O3. The number of carboxylic acids is 1. The lowest BCUT2D eigenvalue weighted by Crippen LogP contribution is -2.48. The van der Waals surface area contributed by atoms with Crippen LogP contribution in [-0.4, -0.2) is 48.1 Å². The van der Waals surface area contributed by atoms with Gasteiger partial charge in [-0.3, -0.25) is 4.79 Å². The number of nitrogens with zero attached hydrogens (tertiary/aromatic N) is 2. The Kier molecular flexibility index (Phi) is 4.85. The lowest BCUT2D eigenvalue weighted by Gasteiger charge is -2.35. The molecule has 0 atom stereocenters. The number of aliphatic carboxylic acids is 1. The molecule has 0 radical (unpaired) electrons. The standard InChI is InChI=1S/C15H17ClN2O3/c1-11-2-3-12(10-13(11)16)17-6-8-18(9-7-17)14(19)4-5-15(20)21/h2-5,10H,6-9H2,1H3,(H,20,21)/b5-4+. The molecule has 0 aromatic heterocycles. The third-order valence-electron chi connectivity index (χ3n) is 3.48. The van der Waals surface area contributed by atoms with Crippen molar-refractivity contribution in [1.29, 1.82) is 0 Å². The van der Waals surface area contributed by atoms with E-state index in [1.54, 1.807) is 4.90 Å². The van der Waals surface area contributed by atoms with E-state index in [2.05, 4.69) is 4.90 Å². The van der Waals surface area contributed by atoms with E-state index in [0.29, 0.717) is 26.2 Å². The van der Waals surface area contributed by atoms with Crippen LogP contribution in [-0.2, 0) is 9.59 Å². The number of hydrogen-bond acceptors (Lipinski definition) is 3. The maximum Gasteiger partial charge on any atom is 0.328 e. The molecule has 6 heteroatoms. The number of benzene rings is 1. The van der Waals surface area contributed by atoms with Gasteiger partial charge < -0.3 is 14.9 Å². The lowest BCUT2D eigenvalue weighted by molar-refractivity contribution is -0.132. The van der Waals surface area contributed by atoms with E-state index in [4.69, 9.17) is 16.7 Å². The number of anilines is 1. The van der Waals surface area contributed by atoms with Crippen LogP contribution < -0.4 is 4.90 Å². The van der Waals surface area contributed by atoms with Crippen molar-refractivity contribution >= 4 is 29.2 Å². The Morgan fingerprint density at radius 2 is 1.86 bits per heavy atom. The van der Waals surface area contributed by atoms with Gasteiger partial charge in [0.15, 0.2) is 0 Å². The van der Waals surface area contributed by atoms with Gasteiger partial charge in [-0.25, -0.2) is 4.79 Å². The molecule has 0 bridgehead atoms. The highest BCUT2D eigenvalue weighted by molar-refractivity contribution is 6.31. The molecule has 1 N–H and O–H groups in total. The van der Waals surface area contributed by atoms with Crippen LogP contribution in [0.1, 0.15) is 5.56 Å². The predicted octanol–water partition coefficient (Wildman–Crippen LogP) is 1.94. The van der Waals surface area contributed by atoms with Crippen molar-refractivity contribution in [2.45, 2.75) is 6.92 Å². The molecule has 1 saturated heterocycles. The Hall–Kier alpha value is -2.01. The Morgan fingerprint density at radius 3 is 2.43 bits per heavy atom. The van der Waals surface area contributed by atoms with Crippen LogP contribution in [0.2, 0.25) is 5.02 Å². The molecule has 0 unspecified atom stereocenters. The highest BCUT2D eigenvalue weighted by Crippen LogP contribution is 2.24. The first kappa shape index (κ1) is 15.4. The van der Waals surface area contributed by atoms with Gasteiger partial charge in [-0.15, -0.1) is 0 Å². The zero-order valence-corrected chi connectivity index (χ0v) is 12.5. The molecule has 2 rings (SSSR count). The van der Waals surface area contributed by atoms with Crippen LogP contribution in [0.5, 0.6) is 0 Å². The van der Waals surface area contributed by atoms with Crippen LogP contribution in [0.15, 0.2) is 30.4 Å². The molecule has 21 heavy (non-hydrogen) atoms. The van der Waals surface area contributed by atoms with Gasteiger partial charge in [0.2, 0.25) is 5.91 Å². The van der Waals surface area contributed by atoms with Gasteiger partial charge in [-0.05, 0) is 24.6 Å². The average Bonchev–Trinajstić information content (AvgIpc) is 2.48. The van der Waals surface area contributed by atoms with Gasteiger partial charge in [-0.1, -0.05) is 17.7 Å². The average molecular weight is 309 g/mol. The Labute approximate surface area is 128 Å². The van der Waals surface area contributed by atoms with Crippen molar-refractivity contribution in [2.24, 2.45) is 0 Å². The van der Waals surface area contributed by atoms with Crippen LogP contribution in [0.4, 0.5) is 5.69 Å². The quantitative estimate of drug-likeness (QED) is 0.867. The number of amides is 1. The van der Waals surface area contributed by atoms with Gasteiger partial charge in [0.05, 0.1) is 0 Å². The van der Waals surface area contributed by atoms with E-state index < -0.39 is 5.97 Å². The summed E-state index contributed by atoms with van der Waals surface area (Å²) in [6.07, 6.45) is 1.97. The van der Waals surface area contributed by atoms with Crippen molar-refractivity contribution < 1.29 is 14.7 Å². The Bertz CT molecular complexity index is 578. The molecule has 1 aromatic carbocycles. The predicted molar refractivity (Wildman–Crippen MR) is 81.8 cm³/mol. The monoisotopic (exact) mass is 308 g/mol. The fourth-order valence-corrected chi connectivity index (χ4v) is 2.39. The van der Waals surface area contributed by atoms with Gasteiger partial charge in [0, 0.05) is 49.0 Å². The zero-order chi connectivity index (χ0) is 15.4. The van der Waals surface area contributed by atoms with E-state index in [1.807, 2.05) is 25.1 Å². The summed E-state index contributed by atoms with van der Waals surface area (Å²) in [6.45, 7) is 4.48. The second-order valence-electron chi connectivity index (χ2n) is 4.92. The highest BCUT2D eigenvalue weighted by Gasteiger charge is 2.20. The molecule has 1 aromatic rings. The molecule has 112 valence electrons. The van der Waals surface area contributed by atoms with Crippen molar-refractivity contribution in [1.82, 2.24) is 4.90 Å². The first-order chi connectivity index (χ1) is 9.97. The fourth-order valence-electron chi connectivity index (χ4n) is 2.21. The summed E-state index contributed by atoms with van der Waals surface area (Å²) in [6, 6.07) is 5.92. The van der Waals surface area contributed by atoms with Crippen molar-refractivity contribution in [3.8, 4) is 0 Å². The SMILES string of the molecule is Cc1ccc(N2CCN(C(=O)/C=C/C(=O)O)CC2)cc1Cl. The van der Waals surface area contributed by atoms with Crippen molar-refractivity contribution in [2.75, 3.05) is 31.1 Å². The maximum atomic E-state index is 11.8. The number of carbonyl (C=O) groups excluding carboxylic acids is 1.